The summed E-state index contributed by atoms with van der Waals surface area (Å²) in [5.74, 6) is 0. The minimum absolute atomic E-state index is 1.13. The Morgan fingerprint density at radius 3 is 1.77 bits per heavy atom. The van der Waals surface area contributed by atoms with E-state index in [1.807, 2.05) is 11.3 Å². The van der Waals surface area contributed by atoms with E-state index in [4.69, 9.17) is 0 Å². The van der Waals surface area contributed by atoms with Crippen molar-refractivity contribution in [3.05, 3.63) is 176 Å². The van der Waals surface area contributed by atoms with Crippen molar-refractivity contribution in [3.63, 3.8) is 0 Å². The van der Waals surface area contributed by atoms with Crippen molar-refractivity contribution in [1.82, 2.24) is 0 Å². The lowest BCUT2D eigenvalue weighted by atomic mass is 9.90. The van der Waals surface area contributed by atoms with Crippen molar-refractivity contribution in [2.75, 3.05) is 4.90 Å². The summed E-state index contributed by atoms with van der Waals surface area (Å²) < 4.78 is 2.62. The number of nitrogens with zero attached hydrogens (tertiary/aromatic N) is 1. The van der Waals surface area contributed by atoms with E-state index in [0.29, 0.717) is 0 Å². The zero-order valence-electron chi connectivity index (χ0n) is 26.1. The average Bonchev–Trinajstić information content (AvgIpc) is 3.54. The van der Waals surface area contributed by atoms with Crippen LogP contribution in [0.2, 0.25) is 0 Å². The number of rotatable bonds is 4. The molecule has 224 valence electrons. The molecule has 0 bridgehead atoms. The Hall–Kier alpha value is -5.96. The van der Waals surface area contributed by atoms with Gasteiger partial charge in [0.1, 0.15) is 0 Å². The molecule has 0 saturated carbocycles. The third kappa shape index (κ3) is 4.17. The highest BCUT2D eigenvalue weighted by Crippen LogP contribution is 2.47. The fourth-order valence-corrected chi connectivity index (χ4v) is 8.82. The standard InChI is InChI=1S/C46H29NS/c1-2-14-33(15-3-1)47(42-29-44-46(38-19-9-8-18-37(38)42)40-20-10-11-21-43(40)48-44)34-25-22-31(23-26-34)41-28-32-13-5-6-16-35(32)39-27-24-30-12-4-7-17-36(30)45(39)41/h1-29H. The largest absolute Gasteiger partial charge is 0.310 e. The SMILES string of the molecule is c1ccc(N(c2ccc(-c3cc4ccccc4c4ccc5ccccc5c34)cc2)c2cc3sc4ccccc4c3c3ccccc23)cc1. The van der Waals surface area contributed by atoms with Gasteiger partial charge in [-0.05, 0) is 91.3 Å². The molecule has 1 heterocycles. The Morgan fingerprint density at radius 2 is 0.958 bits per heavy atom. The number of benzene rings is 9. The summed E-state index contributed by atoms with van der Waals surface area (Å²) in [4.78, 5) is 2.42. The molecule has 1 nitrogen and oxygen atoms in total. The molecule has 48 heavy (non-hydrogen) atoms. The minimum Gasteiger partial charge on any atom is -0.310 e. The third-order valence-corrected chi connectivity index (χ3v) is 10.9. The molecule has 0 fully saturated rings. The molecule has 0 N–H and O–H groups in total. The maximum Gasteiger partial charge on any atom is 0.0554 e. The first kappa shape index (κ1) is 27.2. The van der Waals surface area contributed by atoms with Crippen LogP contribution < -0.4 is 4.90 Å². The predicted octanol–water partition coefficient (Wildman–Crippen LogP) is 13.8. The summed E-state index contributed by atoms with van der Waals surface area (Å²) in [6.45, 7) is 0. The Balaban J connectivity index is 1.20. The molecular weight excluding hydrogens is 599 g/mol. The van der Waals surface area contributed by atoms with Gasteiger partial charge in [-0.15, -0.1) is 11.3 Å². The van der Waals surface area contributed by atoms with Crippen molar-refractivity contribution >= 4 is 91.7 Å². The topological polar surface area (TPSA) is 3.24 Å². The summed E-state index contributed by atoms with van der Waals surface area (Å²) in [5.41, 5.74) is 5.92. The molecule has 0 atom stereocenters. The molecule has 0 amide bonds. The molecule has 0 unspecified atom stereocenters. The zero-order valence-corrected chi connectivity index (χ0v) is 26.9. The highest BCUT2D eigenvalue weighted by Gasteiger charge is 2.20. The van der Waals surface area contributed by atoms with Gasteiger partial charge in [0.2, 0.25) is 0 Å². The normalized spacial score (nSPS) is 11.8. The first-order valence-electron chi connectivity index (χ1n) is 16.4. The Morgan fingerprint density at radius 1 is 0.354 bits per heavy atom. The number of anilines is 3. The van der Waals surface area contributed by atoms with Crippen LogP contribution in [0, 0.1) is 0 Å². The van der Waals surface area contributed by atoms with Crippen molar-refractivity contribution in [2.24, 2.45) is 0 Å². The second kappa shape index (κ2) is 10.8. The lowest BCUT2D eigenvalue weighted by molar-refractivity contribution is 1.30. The number of thiophene rings is 1. The van der Waals surface area contributed by atoms with E-state index in [1.54, 1.807) is 0 Å². The molecule has 0 radical (unpaired) electrons. The van der Waals surface area contributed by atoms with Crippen LogP contribution >= 0.6 is 11.3 Å². The van der Waals surface area contributed by atoms with Crippen LogP contribution in [0.15, 0.2) is 176 Å². The lowest BCUT2D eigenvalue weighted by Gasteiger charge is -2.27. The smallest absolute Gasteiger partial charge is 0.0554 e. The Kier molecular flexibility index (Phi) is 6.12. The van der Waals surface area contributed by atoms with Crippen molar-refractivity contribution in [1.29, 1.82) is 0 Å². The van der Waals surface area contributed by atoms with Gasteiger partial charge in [-0.1, -0.05) is 133 Å². The van der Waals surface area contributed by atoms with Gasteiger partial charge in [-0.2, -0.15) is 0 Å². The van der Waals surface area contributed by atoms with Gasteiger partial charge >= 0.3 is 0 Å². The van der Waals surface area contributed by atoms with Gasteiger partial charge in [0, 0.05) is 36.9 Å². The Bertz CT molecular complexity index is 2830. The van der Waals surface area contributed by atoms with Gasteiger partial charge in [0.25, 0.3) is 0 Å². The molecule has 2 heteroatoms. The van der Waals surface area contributed by atoms with Crippen molar-refractivity contribution in [2.45, 2.75) is 0 Å². The van der Waals surface area contributed by atoms with Gasteiger partial charge in [0.05, 0.1) is 5.69 Å². The summed E-state index contributed by atoms with van der Waals surface area (Å²) in [6.07, 6.45) is 0. The van der Waals surface area contributed by atoms with Crippen molar-refractivity contribution in [3.8, 4) is 11.1 Å². The van der Waals surface area contributed by atoms with Gasteiger partial charge in [0.15, 0.2) is 0 Å². The minimum atomic E-state index is 1.13. The van der Waals surface area contributed by atoms with Crippen LogP contribution in [0.25, 0.3) is 74.4 Å². The van der Waals surface area contributed by atoms with E-state index in [9.17, 15) is 0 Å². The van der Waals surface area contributed by atoms with E-state index >= 15 is 0 Å². The van der Waals surface area contributed by atoms with E-state index in [-0.39, 0.29) is 0 Å². The first-order chi connectivity index (χ1) is 23.8. The van der Waals surface area contributed by atoms with Crippen LogP contribution in [0.3, 0.4) is 0 Å². The number of hydrogen-bond donors (Lipinski definition) is 0. The summed E-state index contributed by atoms with van der Waals surface area (Å²) in [7, 11) is 0. The maximum absolute atomic E-state index is 2.42. The molecule has 0 saturated heterocycles. The molecule has 0 aliphatic carbocycles. The average molecular weight is 628 g/mol. The molecular formula is C46H29NS. The van der Waals surface area contributed by atoms with Gasteiger partial charge < -0.3 is 4.90 Å². The summed E-state index contributed by atoms with van der Waals surface area (Å²) in [5, 5.41) is 12.9. The zero-order chi connectivity index (χ0) is 31.6. The molecule has 10 aromatic rings. The molecule has 0 aliphatic rings. The van der Waals surface area contributed by atoms with E-state index < -0.39 is 0 Å². The monoisotopic (exact) mass is 627 g/mol. The fraction of sp³-hybridized carbons (Fsp3) is 0. The van der Waals surface area contributed by atoms with Crippen LogP contribution in [0.1, 0.15) is 0 Å². The molecule has 1 aromatic heterocycles. The van der Waals surface area contributed by atoms with E-state index in [0.717, 1.165) is 11.4 Å². The second-order valence-corrected chi connectivity index (χ2v) is 13.6. The Labute approximate surface area is 282 Å². The number of para-hydroxylation sites is 1. The predicted molar refractivity (Wildman–Crippen MR) is 209 cm³/mol. The van der Waals surface area contributed by atoms with E-state index in [1.165, 1.54) is 80.1 Å². The van der Waals surface area contributed by atoms with E-state index in [2.05, 4.69) is 181 Å². The highest BCUT2D eigenvalue weighted by molar-refractivity contribution is 7.26. The molecule has 9 aromatic carbocycles. The third-order valence-electron chi connectivity index (χ3n) is 9.80. The highest BCUT2D eigenvalue weighted by atomic mass is 32.1. The quantitative estimate of drug-likeness (QED) is 0.176. The fourth-order valence-electron chi connectivity index (χ4n) is 7.66. The number of hydrogen-bond acceptors (Lipinski definition) is 2. The van der Waals surface area contributed by atoms with Crippen LogP contribution in [-0.4, -0.2) is 0 Å². The lowest BCUT2D eigenvalue weighted by Crippen LogP contribution is -2.10. The van der Waals surface area contributed by atoms with Gasteiger partial charge in [-0.25, -0.2) is 0 Å². The summed E-state index contributed by atoms with van der Waals surface area (Å²) >= 11 is 1.87. The van der Waals surface area contributed by atoms with Crippen LogP contribution in [-0.2, 0) is 0 Å². The van der Waals surface area contributed by atoms with Gasteiger partial charge in [-0.3, -0.25) is 0 Å². The van der Waals surface area contributed by atoms with Crippen LogP contribution in [0.5, 0.6) is 0 Å². The number of fused-ring (bicyclic) bond motifs is 10. The molecule has 0 aliphatic heterocycles. The van der Waals surface area contributed by atoms with Crippen molar-refractivity contribution < 1.29 is 0 Å². The van der Waals surface area contributed by atoms with Crippen LogP contribution in [0.4, 0.5) is 17.1 Å². The maximum atomic E-state index is 2.42. The summed E-state index contributed by atoms with van der Waals surface area (Å²) in [6, 6.07) is 64.4. The molecule has 10 rings (SSSR count). The first-order valence-corrected chi connectivity index (χ1v) is 17.3. The molecule has 0 spiro atoms. The second-order valence-electron chi connectivity index (χ2n) is 12.5.